The van der Waals surface area contributed by atoms with Gasteiger partial charge in [0.15, 0.2) is 15.0 Å². The van der Waals surface area contributed by atoms with Crippen LogP contribution >= 0.6 is 23.1 Å². The fourth-order valence-electron chi connectivity index (χ4n) is 3.86. The summed E-state index contributed by atoms with van der Waals surface area (Å²) in [5, 5.41) is 0.631. The van der Waals surface area contributed by atoms with E-state index in [2.05, 4.69) is 6.07 Å². The molecular formula is C24H28N2O5S3. The van der Waals surface area contributed by atoms with Gasteiger partial charge in [-0.1, -0.05) is 11.3 Å². The lowest BCUT2D eigenvalue weighted by atomic mass is 10.2. The molecule has 0 saturated carbocycles. The summed E-state index contributed by atoms with van der Waals surface area (Å²) in [4.78, 5) is 21.0. The lowest BCUT2D eigenvalue weighted by molar-refractivity contribution is -0.119. The average Bonchev–Trinajstić information content (AvgIpc) is 3.51. The topological polar surface area (TPSA) is 85.8 Å². The Morgan fingerprint density at radius 1 is 1.26 bits per heavy atom. The van der Waals surface area contributed by atoms with Crippen LogP contribution in [0.2, 0.25) is 0 Å². The third kappa shape index (κ3) is 5.91. The molecule has 0 bridgehead atoms. The van der Waals surface area contributed by atoms with Crippen molar-refractivity contribution >= 4 is 54.2 Å². The zero-order valence-electron chi connectivity index (χ0n) is 19.2. The largest absolute Gasteiger partial charge is 0.497 e. The van der Waals surface area contributed by atoms with E-state index in [-0.39, 0.29) is 35.5 Å². The molecule has 0 N–H and O–H groups in total. The number of carbonyl (C=O) groups is 1. The van der Waals surface area contributed by atoms with E-state index in [0.717, 1.165) is 28.0 Å². The van der Waals surface area contributed by atoms with Gasteiger partial charge in [0.1, 0.15) is 5.75 Å². The monoisotopic (exact) mass is 520 g/mol. The Balaban J connectivity index is 1.47. The number of thioether (sulfide) groups is 1. The van der Waals surface area contributed by atoms with Crippen LogP contribution in [0.5, 0.6) is 5.75 Å². The summed E-state index contributed by atoms with van der Waals surface area (Å²) in [7, 11) is -1.96. The maximum atomic E-state index is 13.3. The Bertz CT molecular complexity index is 1240. The highest BCUT2D eigenvalue weighted by atomic mass is 32.2. The molecule has 3 aromatic rings. The molecule has 34 heavy (non-hydrogen) atoms. The van der Waals surface area contributed by atoms with Crippen molar-refractivity contribution in [2.75, 3.05) is 37.2 Å². The number of thiazole rings is 1. The number of amides is 1. The molecule has 0 aliphatic carbocycles. The fraction of sp³-hybridized carbons (Fsp3) is 0.417. The number of nitrogens with zero attached hydrogens (tertiary/aromatic N) is 2. The first-order valence-corrected chi connectivity index (χ1v) is 14.8. The Labute approximate surface area is 208 Å². The number of sulfone groups is 1. The van der Waals surface area contributed by atoms with Gasteiger partial charge in [0.25, 0.3) is 0 Å². The van der Waals surface area contributed by atoms with Crippen LogP contribution in [0.25, 0.3) is 10.2 Å². The molecule has 10 heteroatoms. The van der Waals surface area contributed by atoms with Crippen LogP contribution in [0.4, 0.5) is 5.13 Å². The minimum atomic E-state index is -3.49. The third-order valence-corrected chi connectivity index (χ3v) is 9.33. The molecule has 1 atom stereocenters. The maximum Gasteiger partial charge on any atom is 0.228 e. The summed E-state index contributed by atoms with van der Waals surface area (Å²) < 4.78 is 37.3. The molecule has 0 radical (unpaired) electrons. The van der Waals surface area contributed by atoms with Crippen LogP contribution in [0, 0.1) is 0 Å². The summed E-state index contributed by atoms with van der Waals surface area (Å²) in [6.45, 7) is 1.13. The predicted octanol–water partition coefficient (Wildman–Crippen LogP) is 4.79. The Morgan fingerprint density at radius 2 is 2.06 bits per heavy atom. The van der Waals surface area contributed by atoms with Gasteiger partial charge in [-0.25, -0.2) is 13.4 Å². The van der Waals surface area contributed by atoms with E-state index in [4.69, 9.17) is 14.5 Å². The molecule has 0 spiro atoms. The third-order valence-electron chi connectivity index (χ3n) is 5.75. The second-order valence-electron chi connectivity index (χ2n) is 8.07. The van der Waals surface area contributed by atoms with Crippen molar-refractivity contribution in [1.29, 1.82) is 0 Å². The number of hydrogen-bond acceptors (Lipinski definition) is 8. The summed E-state index contributed by atoms with van der Waals surface area (Å²) >= 11 is 3.14. The normalized spacial score (nSPS) is 16.1. The number of hydrogen-bond donors (Lipinski definition) is 0. The zero-order valence-corrected chi connectivity index (χ0v) is 21.7. The van der Waals surface area contributed by atoms with E-state index in [1.54, 1.807) is 28.8 Å². The second-order valence-corrected chi connectivity index (χ2v) is 12.1. The molecule has 1 aromatic heterocycles. The van der Waals surface area contributed by atoms with Crippen molar-refractivity contribution in [2.24, 2.45) is 0 Å². The number of fused-ring (bicyclic) bond motifs is 1. The van der Waals surface area contributed by atoms with Crippen molar-refractivity contribution in [3.05, 3.63) is 42.5 Å². The van der Waals surface area contributed by atoms with Crippen molar-refractivity contribution in [2.45, 2.75) is 41.6 Å². The summed E-state index contributed by atoms with van der Waals surface area (Å²) in [6.07, 6.45) is 4.22. The van der Waals surface area contributed by atoms with Crippen molar-refractivity contribution in [3.8, 4) is 5.75 Å². The molecule has 182 valence electrons. The molecule has 2 aromatic carbocycles. The van der Waals surface area contributed by atoms with Gasteiger partial charge in [-0.3, -0.25) is 9.69 Å². The first kappa shape index (κ1) is 25.0. The molecule has 1 unspecified atom stereocenters. The van der Waals surface area contributed by atoms with E-state index >= 15 is 0 Å². The number of ether oxygens (including phenoxy) is 2. The average molecular weight is 521 g/mol. The van der Waals surface area contributed by atoms with E-state index < -0.39 is 9.84 Å². The van der Waals surface area contributed by atoms with Crippen molar-refractivity contribution in [3.63, 3.8) is 0 Å². The Morgan fingerprint density at radius 3 is 2.74 bits per heavy atom. The van der Waals surface area contributed by atoms with Crippen LogP contribution in [0.3, 0.4) is 0 Å². The first-order valence-electron chi connectivity index (χ1n) is 11.1. The van der Waals surface area contributed by atoms with Crippen LogP contribution in [-0.4, -0.2) is 57.7 Å². The van der Waals surface area contributed by atoms with E-state index in [1.807, 2.05) is 18.4 Å². The second kappa shape index (κ2) is 11.1. The first-order chi connectivity index (χ1) is 16.4. The van der Waals surface area contributed by atoms with Gasteiger partial charge in [0.2, 0.25) is 5.91 Å². The van der Waals surface area contributed by atoms with Crippen molar-refractivity contribution < 1.29 is 22.7 Å². The molecule has 7 nitrogen and oxygen atoms in total. The smallest absolute Gasteiger partial charge is 0.228 e. The van der Waals surface area contributed by atoms with E-state index in [0.29, 0.717) is 24.0 Å². The highest BCUT2D eigenvalue weighted by Crippen LogP contribution is 2.33. The molecule has 1 amide bonds. The summed E-state index contributed by atoms with van der Waals surface area (Å²) in [5.74, 6) is 0.361. The van der Waals surface area contributed by atoms with Crippen LogP contribution in [0.15, 0.2) is 52.3 Å². The highest BCUT2D eigenvalue weighted by molar-refractivity contribution is 7.98. The maximum absolute atomic E-state index is 13.3. The molecule has 1 fully saturated rings. The molecule has 1 aliphatic rings. The van der Waals surface area contributed by atoms with Crippen LogP contribution < -0.4 is 9.64 Å². The number of anilines is 1. The number of benzene rings is 2. The Kier molecular flexibility index (Phi) is 8.13. The zero-order chi connectivity index (χ0) is 24.1. The van der Waals surface area contributed by atoms with Crippen LogP contribution in [0.1, 0.15) is 25.7 Å². The Hall–Kier alpha value is -2.14. The van der Waals surface area contributed by atoms with Gasteiger partial charge >= 0.3 is 0 Å². The number of methoxy groups -OCH3 is 1. The number of rotatable bonds is 10. The molecule has 2 heterocycles. The van der Waals surface area contributed by atoms with E-state index in [9.17, 15) is 13.2 Å². The van der Waals surface area contributed by atoms with Gasteiger partial charge < -0.3 is 9.47 Å². The van der Waals surface area contributed by atoms with Gasteiger partial charge in [0, 0.05) is 17.9 Å². The fourth-order valence-corrected chi connectivity index (χ4v) is 6.72. The highest BCUT2D eigenvalue weighted by Gasteiger charge is 2.26. The predicted molar refractivity (Wildman–Crippen MR) is 137 cm³/mol. The van der Waals surface area contributed by atoms with Crippen LogP contribution in [-0.2, 0) is 19.4 Å². The lowest BCUT2D eigenvalue weighted by Gasteiger charge is -2.23. The van der Waals surface area contributed by atoms with Gasteiger partial charge in [-0.05, 0) is 68.0 Å². The SMILES string of the molecule is COc1ccc(S(=O)(=O)CCCC(=O)N(CC2CCCO2)c2nc3ccc(SC)cc3s2)cc1. The summed E-state index contributed by atoms with van der Waals surface area (Å²) in [5.41, 5.74) is 0.852. The molecule has 1 saturated heterocycles. The minimum Gasteiger partial charge on any atom is -0.497 e. The number of aromatic nitrogens is 1. The lowest BCUT2D eigenvalue weighted by Crippen LogP contribution is -2.37. The summed E-state index contributed by atoms with van der Waals surface area (Å²) in [6, 6.07) is 12.4. The van der Waals surface area contributed by atoms with Gasteiger partial charge in [-0.2, -0.15) is 0 Å². The van der Waals surface area contributed by atoms with E-state index in [1.165, 1.54) is 30.6 Å². The molecule has 4 rings (SSSR count). The number of carbonyl (C=O) groups excluding carboxylic acids is 1. The minimum absolute atomic E-state index is 0.0271. The molecular weight excluding hydrogens is 492 g/mol. The molecule has 1 aliphatic heterocycles. The van der Waals surface area contributed by atoms with Gasteiger partial charge in [-0.15, -0.1) is 11.8 Å². The quantitative estimate of drug-likeness (QED) is 0.355. The van der Waals surface area contributed by atoms with Crippen molar-refractivity contribution in [1.82, 2.24) is 4.98 Å². The standard InChI is InChI=1S/C24H28N2O5S3/c1-30-17-7-10-20(11-8-17)34(28,29)14-4-6-23(27)26(16-18-5-3-13-31-18)24-25-21-12-9-19(32-2)15-22(21)33-24/h7-12,15,18H,3-6,13-14,16H2,1-2H3. The van der Waals surface area contributed by atoms with Gasteiger partial charge in [0.05, 0.1) is 40.6 Å².